The fourth-order valence-corrected chi connectivity index (χ4v) is 3.53. The summed E-state index contributed by atoms with van der Waals surface area (Å²) in [5.74, 6) is -0.284. The van der Waals surface area contributed by atoms with Crippen LogP contribution in [0, 0.1) is 0 Å². The lowest BCUT2D eigenvalue weighted by atomic mass is 10.0. The normalized spacial score (nSPS) is 11.1. The van der Waals surface area contributed by atoms with E-state index in [2.05, 4.69) is 4.98 Å². The van der Waals surface area contributed by atoms with Crippen molar-refractivity contribution in [2.75, 3.05) is 7.05 Å². The number of amides is 1. The standard InChI is InChI=1S/C22H20N4O3/c1-24(13-15-9-6-8-14-7-4-5-10-16(14)15)21(28)18-12-11-17-19(23-18)25(2)22(29)26(3)20(17)27/h4-12H,13H2,1-3H3. The smallest absolute Gasteiger partial charge is 0.332 e. The molecule has 7 heteroatoms. The minimum Gasteiger partial charge on any atom is -0.336 e. The van der Waals surface area contributed by atoms with Gasteiger partial charge >= 0.3 is 5.69 Å². The largest absolute Gasteiger partial charge is 0.336 e. The van der Waals surface area contributed by atoms with Crippen LogP contribution in [0.2, 0.25) is 0 Å². The predicted octanol–water partition coefficient (Wildman–Crippen LogP) is 2.06. The average molecular weight is 388 g/mol. The Kier molecular flexibility index (Phi) is 4.50. The van der Waals surface area contributed by atoms with E-state index in [4.69, 9.17) is 0 Å². The lowest BCUT2D eigenvalue weighted by Crippen LogP contribution is -2.37. The van der Waals surface area contributed by atoms with Crippen molar-refractivity contribution < 1.29 is 4.79 Å². The van der Waals surface area contributed by atoms with E-state index in [1.54, 1.807) is 18.0 Å². The highest BCUT2D eigenvalue weighted by Crippen LogP contribution is 2.20. The van der Waals surface area contributed by atoms with Crippen molar-refractivity contribution in [2.24, 2.45) is 14.1 Å². The van der Waals surface area contributed by atoms with Crippen LogP contribution in [0.5, 0.6) is 0 Å². The first kappa shape index (κ1) is 18.6. The molecule has 0 fully saturated rings. The van der Waals surface area contributed by atoms with E-state index in [0.29, 0.717) is 11.9 Å². The summed E-state index contributed by atoms with van der Waals surface area (Å²) < 4.78 is 2.30. The Labute approximate surface area is 166 Å². The lowest BCUT2D eigenvalue weighted by Gasteiger charge is -2.18. The van der Waals surface area contributed by atoms with Crippen molar-refractivity contribution >= 4 is 27.7 Å². The van der Waals surface area contributed by atoms with Crippen molar-refractivity contribution in [3.63, 3.8) is 0 Å². The van der Waals surface area contributed by atoms with E-state index in [-0.39, 0.29) is 17.2 Å². The van der Waals surface area contributed by atoms with Gasteiger partial charge in [0.25, 0.3) is 11.5 Å². The van der Waals surface area contributed by atoms with E-state index in [1.165, 1.54) is 24.7 Å². The van der Waals surface area contributed by atoms with Crippen LogP contribution in [0.4, 0.5) is 0 Å². The second kappa shape index (κ2) is 7.01. The van der Waals surface area contributed by atoms with Crippen molar-refractivity contribution in [2.45, 2.75) is 6.54 Å². The molecule has 2 heterocycles. The van der Waals surface area contributed by atoms with Crippen LogP contribution in [-0.4, -0.2) is 32.0 Å². The molecule has 0 radical (unpaired) electrons. The molecular weight excluding hydrogens is 368 g/mol. The Balaban J connectivity index is 1.71. The number of nitrogens with zero attached hydrogens (tertiary/aromatic N) is 4. The van der Waals surface area contributed by atoms with Gasteiger partial charge < -0.3 is 4.90 Å². The minimum absolute atomic E-state index is 0.184. The van der Waals surface area contributed by atoms with Crippen LogP contribution in [-0.2, 0) is 20.6 Å². The molecular formula is C22H20N4O3. The maximum Gasteiger partial charge on any atom is 0.332 e. The number of hydrogen-bond acceptors (Lipinski definition) is 4. The quantitative estimate of drug-likeness (QED) is 0.538. The Bertz CT molecular complexity index is 1380. The predicted molar refractivity (Wildman–Crippen MR) is 112 cm³/mol. The van der Waals surface area contributed by atoms with Crippen LogP contribution in [0.25, 0.3) is 21.8 Å². The fraction of sp³-hybridized carbons (Fsp3) is 0.182. The number of rotatable bonds is 3. The molecule has 4 aromatic rings. The highest BCUT2D eigenvalue weighted by molar-refractivity contribution is 5.94. The zero-order valence-corrected chi connectivity index (χ0v) is 16.4. The first-order valence-corrected chi connectivity index (χ1v) is 9.17. The third kappa shape index (κ3) is 3.10. The van der Waals surface area contributed by atoms with E-state index in [9.17, 15) is 14.4 Å². The third-order valence-electron chi connectivity index (χ3n) is 5.16. The second-order valence-electron chi connectivity index (χ2n) is 7.07. The molecule has 0 aliphatic heterocycles. The number of hydrogen-bond donors (Lipinski definition) is 0. The lowest BCUT2D eigenvalue weighted by molar-refractivity contribution is 0.0780. The van der Waals surface area contributed by atoms with Gasteiger partial charge in [-0.15, -0.1) is 0 Å². The molecule has 0 spiro atoms. The van der Waals surface area contributed by atoms with Crippen LogP contribution in [0.1, 0.15) is 16.1 Å². The molecule has 146 valence electrons. The van der Waals surface area contributed by atoms with Crippen LogP contribution in [0.3, 0.4) is 0 Å². The van der Waals surface area contributed by atoms with Gasteiger partial charge in [-0.1, -0.05) is 42.5 Å². The molecule has 0 saturated carbocycles. The number of carbonyl (C=O) groups excluding carboxylic acids is 1. The van der Waals surface area contributed by atoms with Crippen molar-refractivity contribution in [3.8, 4) is 0 Å². The summed E-state index contributed by atoms with van der Waals surface area (Å²) in [6.45, 7) is 0.412. The van der Waals surface area contributed by atoms with Crippen molar-refractivity contribution in [1.82, 2.24) is 19.0 Å². The molecule has 7 nitrogen and oxygen atoms in total. The zero-order valence-electron chi connectivity index (χ0n) is 16.4. The molecule has 0 saturated heterocycles. The first-order chi connectivity index (χ1) is 13.9. The number of pyridine rings is 1. The Morgan fingerprint density at radius 3 is 2.45 bits per heavy atom. The van der Waals surface area contributed by atoms with E-state index < -0.39 is 11.2 Å². The SMILES string of the molecule is CN(Cc1cccc2ccccc12)C(=O)c1ccc2c(=O)n(C)c(=O)n(C)c2n1. The molecule has 0 bridgehead atoms. The molecule has 2 aromatic carbocycles. The average Bonchev–Trinajstić information content (AvgIpc) is 2.75. The summed E-state index contributed by atoms with van der Waals surface area (Å²) in [7, 11) is 4.66. The Morgan fingerprint density at radius 1 is 0.931 bits per heavy atom. The Morgan fingerprint density at radius 2 is 1.66 bits per heavy atom. The van der Waals surface area contributed by atoms with Gasteiger partial charge in [0.15, 0.2) is 0 Å². The summed E-state index contributed by atoms with van der Waals surface area (Å²) >= 11 is 0. The van der Waals surface area contributed by atoms with E-state index in [0.717, 1.165) is 20.9 Å². The minimum atomic E-state index is -0.483. The van der Waals surface area contributed by atoms with Crippen LogP contribution >= 0.6 is 0 Å². The monoisotopic (exact) mass is 388 g/mol. The number of carbonyl (C=O) groups is 1. The summed E-state index contributed by atoms with van der Waals surface area (Å²) in [6.07, 6.45) is 0. The summed E-state index contributed by atoms with van der Waals surface area (Å²) in [5, 5.41) is 2.50. The molecule has 0 unspecified atom stereocenters. The van der Waals surface area contributed by atoms with Gasteiger partial charge in [-0.05, 0) is 28.5 Å². The summed E-state index contributed by atoms with van der Waals surface area (Å²) in [6, 6.07) is 17.1. The molecule has 0 aliphatic rings. The zero-order chi connectivity index (χ0) is 20.7. The van der Waals surface area contributed by atoms with E-state index >= 15 is 0 Å². The number of aryl methyl sites for hydroxylation is 1. The molecule has 0 atom stereocenters. The van der Waals surface area contributed by atoms with Gasteiger partial charge in [-0.2, -0.15) is 0 Å². The topological polar surface area (TPSA) is 77.2 Å². The number of benzene rings is 2. The molecule has 29 heavy (non-hydrogen) atoms. The Hall–Kier alpha value is -3.74. The molecule has 1 amide bonds. The van der Waals surface area contributed by atoms with Crippen molar-refractivity contribution in [3.05, 3.63) is 86.7 Å². The molecule has 2 aromatic heterocycles. The van der Waals surface area contributed by atoms with Crippen LogP contribution in [0.15, 0.2) is 64.2 Å². The van der Waals surface area contributed by atoms with E-state index in [1.807, 2.05) is 42.5 Å². The van der Waals surface area contributed by atoms with Gasteiger partial charge in [-0.3, -0.25) is 18.7 Å². The molecule has 0 aliphatic carbocycles. The summed E-state index contributed by atoms with van der Waals surface area (Å²) in [4.78, 5) is 43.3. The summed E-state index contributed by atoms with van der Waals surface area (Å²) in [5.41, 5.74) is 0.495. The van der Waals surface area contributed by atoms with Crippen molar-refractivity contribution in [1.29, 1.82) is 0 Å². The third-order valence-corrected chi connectivity index (χ3v) is 5.16. The highest BCUT2D eigenvalue weighted by Gasteiger charge is 2.17. The van der Waals surface area contributed by atoms with Gasteiger partial charge in [0.2, 0.25) is 0 Å². The molecule has 4 rings (SSSR count). The van der Waals surface area contributed by atoms with Gasteiger partial charge in [0.1, 0.15) is 11.3 Å². The van der Waals surface area contributed by atoms with Gasteiger partial charge in [-0.25, -0.2) is 9.78 Å². The maximum absolute atomic E-state index is 13.0. The van der Waals surface area contributed by atoms with Gasteiger partial charge in [0, 0.05) is 27.7 Å². The van der Waals surface area contributed by atoms with Crippen LogP contribution < -0.4 is 11.2 Å². The second-order valence-corrected chi connectivity index (χ2v) is 7.07. The number of fused-ring (bicyclic) bond motifs is 2. The fourth-order valence-electron chi connectivity index (χ4n) is 3.53. The van der Waals surface area contributed by atoms with Gasteiger partial charge in [0.05, 0.1) is 5.39 Å². The maximum atomic E-state index is 13.0. The highest BCUT2D eigenvalue weighted by atomic mass is 16.2. The molecule has 0 N–H and O–H groups in total. The number of aromatic nitrogens is 3. The first-order valence-electron chi connectivity index (χ1n) is 9.17.